The predicted octanol–water partition coefficient (Wildman–Crippen LogP) is 2.17. The van der Waals surface area contributed by atoms with Crippen LogP contribution in [0.25, 0.3) is 0 Å². The summed E-state index contributed by atoms with van der Waals surface area (Å²) in [5, 5.41) is 0. The summed E-state index contributed by atoms with van der Waals surface area (Å²) >= 11 is 0. The molecule has 2 radical (unpaired) electrons. The van der Waals surface area contributed by atoms with Crippen molar-refractivity contribution in [1.29, 1.82) is 0 Å². The molecule has 6 nitrogen and oxygen atoms in total. The smallest absolute Gasteiger partial charge is 0.326 e. The summed E-state index contributed by atoms with van der Waals surface area (Å²) in [6.07, 6.45) is 0.628. The van der Waals surface area contributed by atoms with Gasteiger partial charge < -0.3 is 18.3 Å². The molecule has 0 heterocycles. The first-order chi connectivity index (χ1) is 8.14. The van der Waals surface area contributed by atoms with Crippen molar-refractivity contribution in [3.8, 4) is 0 Å². The van der Waals surface area contributed by atoms with E-state index in [1.54, 1.807) is 6.66 Å². The Labute approximate surface area is 111 Å². The molecular formula is C9H23BO6P2. The van der Waals surface area contributed by atoms with Crippen molar-refractivity contribution in [3.05, 3.63) is 0 Å². The van der Waals surface area contributed by atoms with Crippen molar-refractivity contribution in [2.45, 2.75) is 12.9 Å². The Kier molecular flexibility index (Phi) is 11.7. The maximum atomic E-state index is 11.1. The van der Waals surface area contributed by atoms with Gasteiger partial charge in [0.2, 0.25) is 0 Å². The van der Waals surface area contributed by atoms with Crippen LogP contribution in [0.5, 0.6) is 0 Å². The van der Waals surface area contributed by atoms with Gasteiger partial charge in [-0.15, -0.1) is 0 Å². The molecule has 3 unspecified atom stereocenters. The Hall–Kier alpha value is 0.365. The third-order valence-electron chi connectivity index (χ3n) is 1.95. The van der Waals surface area contributed by atoms with Gasteiger partial charge in [-0.25, -0.2) is 0 Å². The van der Waals surface area contributed by atoms with Gasteiger partial charge in [0, 0.05) is 46.8 Å². The van der Waals surface area contributed by atoms with Crippen LogP contribution in [0.15, 0.2) is 0 Å². The van der Waals surface area contributed by atoms with Crippen molar-refractivity contribution in [1.82, 2.24) is 0 Å². The van der Waals surface area contributed by atoms with Gasteiger partial charge in [0.25, 0.3) is 0 Å². The maximum absolute atomic E-state index is 11.1. The van der Waals surface area contributed by atoms with Gasteiger partial charge in [-0.2, -0.15) is 0 Å². The molecule has 3 atom stereocenters. The van der Waals surface area contributed by atoms with E-state index in [4.69, 9.17) is 12.4 Å². The molecule has 9 heteroatoms. The molecule has 0 saturated heterocycles. The summed E-state index contributed by atoms with van der Waals surface area (Å²) in [6, 6.07) is -0.698. The lowest BCUT2D eigenvalue weighted by Crippen LogP contribution is -2.17. The molecule has 0 bridgehead atoms. The monoisotopic (exact) mass is 300 g/mol. The van der Waals surface area contributed by atoms with E-state index >= 15 is 0 Å². The Morgan fingerprint density at radius 2 is 1.61 bits per heavy atom. The number of rotatable bonds is 7. The Balaban J connectivity index is 0. The fourth-order valence-electron chi connectivity index (χ4n) is 0.613. The van der Waals surface area contributed by atoms with Crippen LogP contribution in [0.3, 0.4) is 0 Å². The first-order valence-electron chi connectivity index (χ1n) is 5.32. The molecule has 0 spiro atoms. The first kappa shape index (κ1) is 20.7. The molecule has 0 aromatic rings. The third kappa shape index (κ3) is 12.8. The van der Waals surface area contributed by atoms with Crippen molar-refractivity contribution in [2.75, 3.05) is 47.4 Å². The minimum Gasteiger partial charge on any atom is -0.383 e. The Morgan fingerprint density at radius 3 is 1.83 bits per heavy atom. The minimum atomic E-state index is -2.96. The molecule has 108 valence electrons. The third-order valence-corrected chi connectivity index (χ3v) is 5.19. The van der Waals surface area contributed by atoms with Gasteiger partial charge in [-0.1, -0.05) is 6.92 Å². The predicted molar refractivity (Wildman–Crippen MR) is 74.1 cm³/mol. The van der Waals surface area contributed by atoms with Gasteiger partial charge in [0.1, 0.15) is 7.85 Å². The van der Waals surface area contributed by atoms with Crippen LogP contribution in [0, 0.1) is 0 Å². The van der Waals surface area contributed by atoms with Gasteiger partial charge in [-0.3, -0.25) is 9.13 Å². The second kappa shape index (κ2) is 10.2. The summed E-state index contributed by atoms with van der Waals surface area (Å²) in [4.78, 5) is 0. The average molecular weight is 300 g/mol. The molecular weight excluding hydrogens is 277 g/mol. The van der Waals surface area contributed by atoms with Crippen LogP contribution in [0.1, 0.15) is 6.92 Å². The van der Waals surface area contributed by atoms with Crippen molar-refractivity contribution in [2.24, 2.45) is 0 Å². The molecule has 0 aromatic heterocycles. The summed E-state index contributed by atoms with van der Waals surface area (Å²) in [6.45, 7) is 5.03. The molecule has 0 aliphatic rings. The lowest BCUT2D eigenvalue weighted by molar-refractivity contribution is 0.113. The van der Waals surface area contributed by atoms with E-state index in [0.29, 0.717) is 6.16 Å². The van der Waals surface area contributed by atoms with E-state index in [-0.39, 0.29) is 6.61 Å². The van der Waals surface area contributed by atoms with Crippen LogP contribution in [-0.4, -0.2) is 61.3 Å². The molecule has 0 amide bonds. The van der Waals surface area contributed by atoms with Crippen molar-refractivity contribution in [3.63, 3.8) is 0 Å². The van der Waals surface area contributed by atoms with E-state index in [1.807, 2.05) is 6.92 Å². The fourth-order valence-corrected chi connectivity index (χ4v) is 1.51. The molecule has 0 saturated carbocycles. The lowest BCUT2D eigenvalue weighted by Gasteiger charge is -2.16. The standard InChI is InChI=1S/C5H12BO4P.C4H11O2P/c1-8-4-5(6)10-11(3,7)9-2;1-4-7(3,5)6-2/h5H,4H2,1-3H3;4H2,1-3H3. The van der Waals surface area contributed by atoms with E-state index in [0.717, 1.165) is 0 Å². The summed E-state index contributed by atoms with van der Waals surface area (Å²) in [7, 11) is 4.49. The van der Waals surface area contributed by atoms with Crippen LogP contribution in [0.4, 0.5) is 0 Å². The number of hydrogen-bond acceptors (Lipinski definition) is 6. The Morgan fingerprint density at radius 1 is 1.11 bits per heavy atom. The van der Waals surface area contributed by atoms with Crippen LogP contribution >= 0.6 is 15.0 Å². The second-order valence-corrected chi connectivity index (χ2v) is 8.71. The van der Waals surface area contributed by atoms with Gasteiger partial charge in [0.15, 0.2) is 7.37 Å². The SMILES string of the molecule is CCP(C)(=O)OC.[B]C(COC)OP(C)(=O)OC. The largest absolute Gasteiger partial charge is 0.383 e. The minimum absolute atomic E-state index is 0.196. The van der Waals surface area contributed by atoms with Crippen molar-refractivity contribution >= 4 is 22.8 Å². The highest BCUT2D eigenvalue weighted by Crippen LogP contribution is 2.43. The summed E-state index contributed by atoms with van der Waals surface area (Å²) < 4.78 is 40.5. The summed E-state index contributed by atoms with van der Waals surface area (Å²) in [5.41, 5.74) is 0. The molecule has 0 fully saturated rings. The Bertz CT molecular complexity index is 291. The normalized spacial score (nSPS) is 19.0. The molecule has 0 rings (SSSR count). The highest BCUT2D eigenvalue weighted by molar-refractivity contribution is 7.58. The van der Waals surface area contributed by atoms with E-state index in [9.17, 15) is 9.13 Å². The van der Waals surface area contributed by atoms with E-state index in [2.05, 4.69) is 13.8 Å². The van der Waals surface area contributed by atoms with Gasteiger partial charge in [-0.05, 0) is 0 Å². The molecule has 18 heavy (non-hydrogen) atoms. The molecule has 0 N–H and O–H groups in total. The molecule has 0 aliphatic heterocycles. The number of ether oxygens (including phenoxy) is 1. The van der Waals surface area contributed by atoms with Crippen LogP contribution in [0.2, 0.25) is 0 Å². The van der Waals surface area contributed by atoms with Crippen LogP contribution < -0.4 is 0 Å². The lowest BCUT2D eigenvalue weighted by atomic mass is 10.0. The zero-order valence-electron chi connectivity index (χ0n) is 11.9. The van der Waals surface area contributed by atoms with Gasteiger partial charge >= 0.3 is 7.60 Å². The first-order valence-corrected chi connectivity index (χ1v) is 9.57. The van der Waals surface area contributed by atoms with E-state index < -0.39 is 21.0 Å². The fraction of sp³-hybridized carbons (Fsp3) is 1.00. The van der Waals surface area contributed by atoms with Gasteiger partial charge in [0.05, 0.1) is 6.61 Å². The highest BCUT2D eigenvalue weighted by atomic mass is 31.2. The average Bonchev–Trinajstić information content (AvgIpc) is 2.29. The summed E-state index contributed by atoms with van der Waals surface area (Å²) in [5.74, 6) is 0. The molecule has 0 aromatic carbocycles. The number of hydrogen-bond donors (Lipinski definition) is 0. The second-order valence-electron chi connectivity index (χ2n) is 3.57. The van der Waals surface area contributed by atoms with E-state index in [1.165, 1.54) is 28.0 Å². The number of methoxy groups -OCH3 is 1. The topological polar surface area (TPSA) is 71.1 Å². The zero-order valence-corrected chi connectivity index (χ0v) is 13.7. The maximum Gasteiger partial charge on any atom is 0.326 e. The highest BCUT2D eigenvalue weighted by Gasteiger charge is 2.17. The van der Waals surface area contributed by atoms with Crippen LogP contribution in [-0.2, 0) is 27.4 Å². The van der Waals surface area contributed by atoms with Crippen molar-refractivity contribution < 1.29 is 27.4 Å². The zero-order chi connectivity index (χ0) is 14.8. The quantitative estimate of drug-likeness (QED) is 0.530. The molecule has 0 aliphatic carbocycles.